The molecule has 0 radical (unpaired) electrons. The van der Waals surface area contributed by atoms with Crippen LogP contribution in [0.1, 0.15) is 56.9 Å². The summed E-state index contributed by atoms with van der Waals surface area (Å²) in [5.74, 6) is 0. The Labute approximate surface area is 344 Å². The van der Waals surface area contributed by atoms with E-state index >= 15 is 0 Å². The Kier molecular flexibility index (Phi) is 6.88. The molecule has 0 fully saturated rings. The monoisotopic (exact) mass is 768 g/mol. The molecule has 0 N–H and O–H groups in total. The number of para-hydroxylation sites is 1. The lowest BCUT2D eigenvalue weighted by Gasteiger charge is -2.42. The van der Waals surface area contributed by atoms with Gasteiger partial charge >= 0.3 is 6.85 Å². The smallest absolute Gasteiger partial charge is 0.333 e. The van der Waals surface area contributed by atoms with Crippen LogP contribution in [0.25, 0.3) is 44.4 Å². The fourth-order valence-electron chi connectivity index (χ4n) is 10.4. The van der Waals surface area contributed by atoms with Crippen molar-refractivity contribution in [2.24, 2.45) is 0 Å². The Morgan fingerprint density at radius 2 is 1.28 bits per heavy atom. The summed E-state index contributed by atoms with van der Waals surface area (Å²) in [6.45, 7) is 14.1. The number of aromatic nitrogens is 1. The van der Waals surface area contributed by atoms with Crippen LogP contribution in [0.2, 0.25) is 0 Å². The minimum absolute atomic E-state index is 0.00371. The zero-order chi connectivity index (χ0) is 38.5. The average molecular weight is 769 g/mol. The van der Waals surface area contributed by atoms with E-state index in [2.05, 4.69) is 190 Å². The fourth-order valence-corrected chi connectivity index (χ4v) is 12.7. The van der Waals surface area contributed by atoms with Crippen LogP contribution < -0.4 is 15.8 Å². The number of anilines is 3. The molecule has 0 spiro atoms. The molecule has 274 valence electrons. The second-order valence-electron chi connectivity index (χ2n) is 17.8. The van der Waals surface area contributed by atoms with Crippen LogP contribution in [0.3, 0.4) is 0 Å². The number of benzene rings is 7. The Morgan fingerprint density at radius 1 is 0.579 bits per heavy atom. The molecule has 57 heavy (non-hydrogen) atoms. The van der Waals surface area contributed by atoms with E-state index < -0.39 is 0 Å². The first-order valence-electron chi connectivity index (χ1n) is 20.1. The summed E-state index contributed by atoms with van der Waals surface area (Å²) in [6, 6.07) is 53.4. The summed E-state index contributed by atoms with van der Waals surface area (Å²) in [5.41, 5.74) is 21.1. The van der Waals surface area contributed by atoms with Crippen molar-refractivity contribution in [2.75, 3.05) is 4.90 Å². The summed E-state index contributed by atoms with van der Waals surface area (Å²) < 4.78 is 2.77. The molecule has 4 heterocycles. The minimum atomic E-state index is -0.127. The predicted octanol–water partition coefficient (Wildman–Crippen LogP) is 13.3. The van der Waals surface area contributed by atoms with Gasteiger partial charge in [-0.3, -0.25) is 0 Å². The highest BCUT2D eigenvalue weighted by Gasteiger charge is 2.48. The molecular weight excluding hydrogens is 728 g/mol. The molecule has 1 aromatic heterocycles. The summed E-state index contributed by atoms with van der Waals surface area (Å²) in [4.78, 5) is 7.94. The molecule has 7 aromatic carbocycles. The Morgan fingerprint density at radius 3 is 2.05 bits per heavy atom. The van der Waals surface area contributed by atoms with Crippen molar-refractivity contribution >= 4 is 69.3 Å². The zero-order valence-corrected chi connectivity index (χ0v) is 34.7. The summed E-state index contributed by atoms with van der Waals surface area (Å²) in [6.07, 6.45) is 0. The first-order chi connectivity index (χ1) is 27.6. The third kappa shape index (κ3) is 4.59. The molecule has 3 aliphatic heterocycles. The molecule has 4 aliphatic rings. The minimum Gasteiger partial charge on any atom is -0.375 e. The van der Waals surface area contributed by atoms with Crippen LogP contribution in [0, 0.1) is 6.92 Å². The van der Waals surface area contributed by atoms with Gasteiger partial charge in [0.2, 0.25) is 0 Å². The van der Waals surface area contributed by atoms with Gasteiger partial charge in [0.15, 0.2) is 0 Å². The number of fused-ring (bicyclic) bond motifs is 11. The lowest BCUT2D eigenvalue weighted by molar-refractivity contribution is 0.590. The third-order valence-electron chi connectivity index (χ3n) is 13.0. The summed E-state index contributed by atoms with van der Waals surface area (Å²) in [7, 11) is 0. The van der Waals surface area contributed by atoms with E-state index in [1.54, 1.807) is 0 Å². The molecule has 2 nitrogen and oxygen atoms in total. The van der Waals surface area contributed by atoms with Crippen molar-refractivity contribution in [3.63, 3.8) is 0 Å². The van der Waals surface area contributed by atoms with Crippen LogP contribution in [-0.2, 0) is 10.8 Å². The van der Waals surface area contributed by atoms with Crippen LogP contribution in [0.4, 0.5) is 17.1 Å². The van der Waals surface area contributed by atoms with E-state index in [0.717, 1.165) is 0 Å². The van der Waals surface area contributed by atoms with E-state index in [0.29, 0.717) is 0 Å². The fraction of sp³-hybridized carbons (Fsp3) is 0.154. The molecule has 0 amide bonds. The Bertz CT molecular complexity index is 3060. The van der Waals surface area contributed by atoms with Gasteiger partial charge in [-0.15, -0.1) is 0 Å². The third-order valence-corrected chi connectivity index (χ3v) is 15.5. The van der Waals surface area contributed by atoms with Gasteiger partial charge in [-0.2, -0.15) is 0 Å². The van der Waals surface area contributed by atoms with Crippen molar-refractivity contribution in [3.8, 4) is 33.5 Å². The van der Waals surface area contributed by atoms with Crippen molar-refractivity contribution in [1.29, 1.82) is 0 Å². The average Bonchev–Trinajstić information content (AvgIpc) is 3.68. The Balaban J connectivity index is 1.22. The van der Waals surface area contributed by atoms with Gasteiger partial charge in [-0.1, -0.05) is 155 Å². The van der Waals surface area contributed by atoms with Gasteiger partial charge in [0.25, 0.3) is 0 Å². The standard InChI is InChI=1S/C52H41BN2S2/c1-30-25-37-33-18-14-19-35-47-50(34-17-10-11-20-38(34)52(47,5)6)55(49(33)35)53-39-28-45-46(57-44-22-13-12-21-43(44)56-45)29-41(39)54(42(26-30)48(37)53)40-24-23-32(51(2,3)4)27-36(40)31-15-8-7-9-16-31/h7-29H,1-6H3. The number of aryl methyl sites for hydroxylation is 1. The maximum Gasteiger partial charge on any atom is 0.333 e. The van der Waals surface area contributed by atoms with E-state index in [-0.39, 0.29) is 17.7 Å². The van der Waals surface area contributed by atoms with Crippen molar-refractivity contribution in [1.82, 2.24) is 4.48 Å². The van der Waals surface area contributed by atoms with Gasteiger partial charge < -0.3 is 9.38 Å². The molecule has 0 bridgehead atoms. The van der Waals surface area contributed by atoms with Crippen molar-refractivity contribution < 1.29 is 0 Å². The van der Waals surface area contributed by atoms with Crippen LogP contribution in [-0.4, -0.2) is 11.3 Å². The summed E-state index contributed by atoms with van der Waals surface area (Å²) >= 11 is 3.83. The zero-order valence-electron chi connectivity index (χ0n) is 33.1. The van der Waals surface area contributed by atoms with Gasteiger partial charge in [-0.05, 0) is 99.1 Å². The molecule has 1 aliphatic carbocycles. The maximum atomic E-state index is 2.77. The number of hydrogen-bond acceptors (Lipinski definition) is 3. The van der Waals surface area contributed by atoms with E-state index in [9.17, 15) is 0 Å². The molecule has 0 saturated carbocycles. The van der Waals surface area contributed by atoms with E-state index in [1.165, 1.54) is 114 Å². The normalized spacial score (nSPS) is 15.1. The lowest BCUT2D eigenvalue weighted by Crippen LogP contribution is -2.57. The highest BCUT2D eigenvalue weighted by Crippen LogP contribution is 2.57. The van der Waals surface area contributed by atoms with E-state index in [1.807, 2.05) is 23.5 Å². The quantitative estimate of drug-likeness (QED) is 0.162. The number of rotatable bonds is 2. The topological polar surface area (TPSA) is 8.17 Å². The molecular formula is C52H41BN2S2. The highest BCUT2D eigenvalue weighted by molar-refractivity contribution is 8.05. The molecule has 8 aromatic rings. The van der Waals surface area contributed by atoms with Crippen LogP contribution in [0.15, 0.2) is 159 Å². The molecule has 0 saturated heterocycles. The van der Waals surface area contributed by atoms with Crippen LogP contribution in [0.5, 0.6) is 0 Å². The van der Waals surface area contributed by atoms with Gasteiger partial charge in [-0.25, -0.2) is 0 Å². The SMILES string of the molecule is Cc1cc2c3c(c1)N(c1ccc(C(C)(C)C)cc1-c1ccccc1)c1cc4c(cc1B3n1c3c(c5cccc-2c51)C(C)(C)c1ccccc1-3)Sc1ccccc1S4. The largest absolute Gasteiger partial charge is 0.375 e. The second kappa shape index (κ2) is 11.6. The molecule has 12 rings (SSSR count). The lowest BCUT2D eigenvalue weighted by atomic mass is 9.45. The molecule has 0 atom stereocenters. The number of hydrogen-bond donors (Lipinski definition) is 0. The molecule has 5 heteroatoms. The van der Waals surface area contributed by atoms with Crippen molar-refractivity contribution in [2.45, 2.75) is 72.0 Å². The first kappa shape index (κ1) is 33.8. The predicted molar refractivity (Wildman–Crippen MR) is 244 cm³/mol. The first-order valence-corrected chi connectivity index (χ1v) is 21.8. The van der Waals surface area contributed by atoms with Gasteiger partial charge in [0, 0.05) is 69.7 Å². The number of nitrogens with zero attached hydrogens (tertiary/aromatic N) is 2. The molecule has 0 unspecified atom stereocenters. The van der Waals surface area contributed by atoms with Crippen LogP contribution >= 0.6 is 23.5 Å². The highest BCUT2D eigenvalue weighted by atomic mass is 32.2. The second-order valence-corrected chi connectivity index (χ2v) is 20.0. The van der Waals surface area contributed by atoms with E-state index in [4.69, 9.17) is 0 Å². The van der Waals surface area contributed by atoms with Crippen molar-refractivity contribution in [3.05, 3.63) is 162 Å². The Hall–Kier alpha value is -5.36. The summed E-state index contributed by atoms with van der Waals surface area (Å²) in [5, 5.41) is 1.38. The maximum absolute atomic E-state index is 2.77. The van der Waals surface area contributed by atoms with Gasteiger partial charge in [0.1, 0.15) is 0 Å². The van der Waals surface area contributed by atoms with Gasteiger partial charge in [0.05, 0.1) is 5.69 Å².